The molecule has 9 nitrogen and oxygen atoms in total. The van der Waals surface area contributed by atoms with E-state index < -0.39 is 26.8 Å². The Kier molecular flexibility index (Phi) is 6.32. The lowest BCUT2D eigenvalue weighted by molar-refractivity contribution is -0.385. The SMILES string of the molecule is O=[N+]([O-])c1ccc(NCc2ccc(-n3ccc(C(F)(F)F)n3)cc2)c(S(=O)(=O)N2CCCC2)c1. The Morgan fingerprint density at radius 2 is 1.74 bits per heavy atom. The number of anilines is 1. The van der Waals surface area contributed by atoms with Gasteiger partial charge in [-0.2, -0.15) is 22.6 Å². The van der Waals surface area contributed by atoms with Crippen molar-refractivity contribution in [2.45, 2.75) is 30.5 Å². The number of aromatic nitrogens is 2. The molecule has 0 radical (unpaired) electrons. The van der Waals surface area contributed by atoms with Crippen molar-refractivity contribution < 1.29 is 26.5 Å². The van der Waals surface area contributed by atoms with Crippen molar-refractivity contribution >= 4 is 21.4 Å². The smallest absolute Gasteiger partial charge is 0.380 e. The van der Waals surface area contributed by atoms with Gasteiger partial charge in [-0.1, -0.05) is 12.1 Å². The van der Waals surface area contributed by atoms with Crippen LogP contribution in [0.15, 0.2) is 59.6 Å². The van der Waals surface area contributed by atoms with Crippen LogP contribution >= 0.6 is 0 Å². The number of hydrogen-bond acceptors (Lipinski definition) is 6. The van der Waals surface area contributed by atoms with E-state index in [0.29, 0.717) is 18.8 Å². The van der Waals surface area contributed by atoms with Gasteiger partial charge in [-0.3, -0.25) is 10.1 Å². The number of nitrogens with zero attached hydrogens (tertiary/aromatic N) is 4. The minimum absolute atomic E-state index is 0.170. The number of nitro groups is 1. The van der Waals surface area contributed by atoms with E-state index in [-0.39, 0.29) is 22.8 Å². The molecule has 0 unspecified atom stereocenters. The van der Waals surface area contributed by atoms with Gasteiger partial charge in [0.2, 0.25) is 10.0 Å². The summed E-state index contributed by atoms with van der Waals surface area (Å²) in [6, 6.07) is 11.0. The Morgan fingerprint density at radius 3 is 2.32 bits per heavy atom. The van der Waals surface area contributed by atoms with E-state index in [1.807, 2.05) is 0 Å². The highest BCUT2D eigenvalue weighted by atomic mass is 32.2. The quantitative estimate of drug-likeness (QED) is 0.389. The minimum Gasteiger partial charge on any atom is -0.380 e. The van der Waals surface area contributed by atoms with Crippen LogP contribution in [0.2, 0.25) is 0 Å². The maximum atomic E-state index is 13.1. The second-order valence-corrected chi connectivity index (χ2v) is 9.62. The number of nitrogens with one attached hydrogen (secondary N) is 1. The molecule has 0 saturated carbocycles. The fraction of sp³-hybridized carbons (Fsp3) is 0.286. The molecule has 0 spiro atoms. The van der Waals surface area contributed by atoms with Gasteiger partial charge in [0, 0.05) is 38.0 Å². The summed E-state index contributed by atoms with van der Waals surface area (Å²) in [5.74, 6) is 0. The molecule has 2 heterocycles. The van der Waals surface area contributed by atoms with Crippen LogP contribution in [0.1, 0.15) is 24.1 Å². The van der Waals surface area contributed by atoms with E-state index in [9.17, 15) is 31.7 Å². The Labute approximate surface area is 193 Å². The molecule has 0 bridgehead atoms. The zero-order valence-electron chi connectivity index (χ0n) is 17.7. The van der Waals surface area contributed by atoms with Crippen molar-refractivity contribution in [3.05, 3.63) is 76.1 Å². The van der Waals surface area contributed by atoms with Gasteiger partial charge in [-0.15, -0.1) is 0 Å². The first kappa shape index (κ1) is 23.7. The number of sulfonamides is 1. The molecule has 4 rings (SSSR count). The van der Waals surface area contributed by atoms with Crippen LogP contribution < -0.4 is 5.32 Å². The zero-order chi connectivity index (χ0) is 24.5. The van der Waals surface area contributed by atoms with Crippen LogP contribution in [0, 0.1) is 10.1 Å². The van der Waals surface area contributed by atoms with Gasteiger partial charge in [0.25, 0.3) is 5.69 Å². The van der Waals surface area contributed by atoms with E-state index in [2.05, 4.69) is 10.4 Å². The van der Waals surface area contributed by atoms with Crippen molar-refractivity contribution in [1.82, 2.24) is 14.1 Å². The van der Waals surface area contributed by atoms with Crippen LogP contribution in [0.3, 0.4) is 0 Å². The van der Waals surface area contributed by atoms with Gasteiger partial charge < -0.3 is 5.32 Å². The zero-order valence-corrected chi connectivity index (χ0v) is 18.5. The Morgan fingerprint density at radius 1 is 1.06 bits per heavy atom. The lowest BCUT2D eigenvalue weighted by Crippen LogP contribution is -2.28. The summed E-state index contributed by atoms with van der Waals surface area (Å²) in [6.45, 7) is 0.901. The number of non-ortho nitro benzene ring substituents is 1. The Balaban J connectivity index is 1.54. The third-order valence-corrected chi connectivity index (χ3v) is 7.36. The summed E-state index contributed by atoms with van der Waals surface area (Å²) in [6.07, 6.45) is -1.87. The number of halogens is 3. The molecule has 1 N–H and O–H groups in total. The molecule has 34 heavy (non-hydrogen) atoms. The molecule has 2 aromatic carbocycles. The maximum absolute atomic E-state index is 13.1. The first-order valence-corrected chi connectivity index (χ1v) is 11.7. The van der Waals surface area contributed by atoms with Gasteiger partial charge in [0.15, 0.2) is 5.69 Å². The van der Waals surface area contributed by atoms with Crippen LogP contribution in [-0.4, -0.2) is 40.5 Å². The summed E-state index contributed by atoms with van der Waals surface area (Å²) in [7, 11) is -3.92. The molecule has 13 heteroatoms. The average Bonchev–Trinajstić information content (AvgIpc) is 3.50. The van der Waals surface area contributed by atoms with Crippen LogP contribution in [0.4, 0.5) is 24.5 Å². The molecule has 0 atom stereocenters. The third-order valence-electron chi connectivity index (χ3n) is 5.42. The number of rotatable bonds is 7. The summed E-state index contributed by atoms with van der Waals surface area (Å²) in [5, 5.41) is 17.7. The van der Waals surface area contributed by atoms with E-state index in [4.69, 9.17) is 0 Å². The van der Waals surface area contributed by atoms with E-state index >= 15 is 0 Å². The first-order valence-electron chi connectivity index (χ1n) is 10.3. The predicted molar refractivity (Wildman–Crippen MR) is 117 cm³/mol. The molecular formula is C21H20F3N5O4S. The van der Waals surface area contributed by atoms with Gasteiger partial charge >= 0.3 is 6.18 Å². The van der Waals surface area contributed by atoms with Gasteiger partial charge in [0.1, 0.15) is 4.90 Å². The van der Waals surface area contributed by atoms with Crippen molar-refractivity contribution in [2.24, 2.45) is 0 Å². The van der Waals surface area contributed by atoms with E-state index in [1.54, 1.807) is 24.3 Å². The molecule has 3 aromatic rings. The minimum atomic E-state index is -4.53. The van der Waals surface area contributed by atoms with Crippen LogP contribution in [0.25, 0.3) is 5.69 Å². The normalized spacial score (nSPS) is 14.9. The van der Waals surface area contributed by atoms with E-state index in [0.717, 1.165) is 35.2 Å². The fourth-order valence-corrected chi connectivity index (χ4v) is 5.34. The average molecular weight is 495 g/mol. The Hall–Kier alpha value is -3.45. The molecule has 180 valence electrons. The summed E-state index contributed by atoms with van der Waals surface area (Å²) in [5.41, 5.74) is 0.0402. The topological polar surface area (TPSA) is 110 Å². The fourth-order valence-electron chi connectivity index (χ4n) is 3.63. The van der Waals surface area contributed by atoms with Gasteiger partial charge in [-0.05, 0) is 42.7 Å². The van der Waals surface area contributed by atoms with Gasteiger partial charge in [-0.25, -0.2) is 13.1 Å². The molecule has 1 aromatic heterocycles. The molecular weight excluding hydrogens is 475 g/mol. The van der Waals surface area contributed by atoms with Crippen LogP contribution in [-0.2, 0) is 22.7 Å². The van der Waals surface area contributed by atoms with Crippen LogP contribution in [0.5, 0.6) is 0 Å². The highest BCUT2D eigenvalue weighted by molar-refractivity contribution is 7.89. The summed E-state index contributed by atoms with van der Waals surface area (Å²) in [4.78, 5) is 10.4. The monoisotopic (exact) mass is 495 g/mol. The number of hydrogen-bond donors (Lipinski definition) is 1. The van der Waals surface area contributed by atoms with Crippen molar-refractivity contribution in [2.75, 3.05) is 18.4 Å². The number of benzene rings is 2. The molecule has 1 fully saturated rings. The molecule has 1 aliphatic heterocycles. The lowest BCUT2D eigenvalue weighted by atomic mass is 10.2. The first-order chi connectivity index (χ1) is 16.1. The highest BCUT2D eigenvalue weighted by Crippen LogP contribution is 2.31. The van der Waals surface area contributed by atoms with E-state index in [1.165, 1.54) is 22.6 Å². The molecule has 0 amide bonds. The Bertz CT molecular complexity index is 1300. The molecule has 1 saturated heterocycles. The van der Waals surface area contributed by atoms with Gasteiger partial charge in [0.05, 0.1) is 16.3 Å². The maximum Gasteiger partial charge on any atom is 0.435 e. The predicted octanol–water partition coefficient (Wildman–Crippen LogP) is 4.20. The standard InChI is InChI=1S/C21H20F3N5O4S/c22-21(23,24)20-9-12-28(26-20)16-5-3-15(4-6-16)14-25-18-8-7-17(29(30)31)13-19(18)34(32,33)27-10-1-2-11-27/h3-9,12-13,25H,1-2,10-11,14H2. The number of nitro benzene ring substituents is 1. The molecule has 0 aliphatic carbocycles. The highest BCUT2D eigenvalue weighted by Gasteiger charge is 2.34. The second kappa shape index (κ2) is 9.06. The molecule has 1 aliphatic rings. The second-order valence-electron chi connectivity index (χ2n) is 7.71. The van der Waals surface area contributed by atoms with Crippen molar-refractivity contribution in [3.8, 4) is 5.69 Å². The third kappa shape index (κ3) is 4.89. The number of alkyl halides is 3. The van der Waals surface area contributed by atoms with Crippen molar-refractivity contribution in [1.29, 1.82) is 0 Å². The summed E-state index contributed by atoms with van der Waals surface area (Å²) < 4.78 is 66.9. The largest absolute Gasteiger partial charge is 0.435 e. The lowest BCUT2D eigenvalue weighted by Gasteiger charge is -2.19. The summed E-state index contributed by atoms with van der Waals surface area (Å²) >= 11 is 0. The van der Waals surface area contributed by atoms with Crippen molar-refractivity contribution in [3.63, 3.8) is 0 Å².